The molecule has 0 bridgehead atoms. The molecule has 2 rings (SSSR count). The highest BCUT2D eigenvalue weighted by Gasteiger charge is 2.27. The Morgan fingerprint density at radius 3 is 2.67 bits per heavy atom. The van der Waals surface area contributed by atoms with Gasteiger partial charge in [0.25, 0.3) is 0 Å². The van der Waals surface area contributed by atoms with E-state index < -0.39 is 11.0 Å². The summed E-state index contributed by atoms with van der Waals surface area (Å²) in [4.78, 5) is 13.1. The number of aliphatic hydroxyl groups excluding tert-OH is 2. The van der Waals surface area contributed by atoms with Crippen LogP contribution in [0, 0.1) is 10.1 Å². The molecule has 1 aliphatic heterocycles. The van der Waals surface area contributed by atoms with Gasteiger partial charge in [0.15, 0.2) is 5.00 Å². The Balaban J connectivity index is 2.28. The molecule has 0 spiro atoms. The van der Waals surface area contributed by atoms with Crippen molar-refractivity contribution in [1.82, 2.24) is 0 Å². The summed E-state index contributed by atoms with van der Waals surface area (Å²) in [6.45, 7) is 2.82. The molecular formula is C11H16N2O4S. The highest BCUT2D eigenvalue weighted by molar-refractivity contribution is 7.16. The summed E-state index contributed by atoms with van der Waals surface area (Å²) in [5.74, 6) is 0. The summed E-state index contributed by atoms with van der Waals surface area (Å²) < 4.78 is 0. The quantitative estimate of drug-likeness (QED) is 0.645. The molecule has 18 heavy (non-hydrogen) atoms. The van der Waals surface area contributed by atoms with Crippen molar-refractivity contribution in [2.24, 2.45) is 0 Å². The lowest BCUT2D eigenvalue weighted by molar-refractivity contribution is -0.383. The van der Waals surface area contributed by atoms with Crippen molar-refractivity contribution in [3.8, 4) is 0 Å². The third kappa shape index (κ3) is 2.63. The standard InChI is InChI=1S/C11H16N2O4S/c1-7(14)10-6-9(13(16)17)11(18-10)12-4-2-8(15)3-5-12/h6-8,14-15H,2-5H2,1H3/t7-/m1/s1. The van der Waals surface area contributed by atoms with Crippen LogP contribution in [0.4, 0.5) is 10.7 Å². The molecule has 0 aliphatic carbocycles. The maximum atomic E-state index is 11.0. The summed E-state index contributed by atoms with van der Waals surface area (Å²) in [6.07, 6.45) is 0.243. The van der Waals surface area contributed by atoms with Crippen LogP contribution in [-0.2, 0) is 0 Å². The summed E-state index contributed by atoms with van der Waals surface area (Å²) in [7, 11) is 0. The maximum absolute atomic E-state index is 11.0. The molecule has 2 N–H and O–H groups in total. The Labute approximate surface area is 109 Å². The summed E-state index contributed by atoms with van der Waals surface area (Å²) in [5.41, 5.74) is 0.0484. The normalized spacial score (nSPS) is 18.9. The van der Waals surface area contributed by atoms with Crippen LogP contribution < -0.4 is 4.90 Å². The lowest BCUT2D eigenvalue weighted by Gasteiger charge is -2.29. The van der Waals surface area contributed by atoms with Gasteiger partial charge in [0.2, 0.25) is 0 Å². The molecule has 0 unspecified atom stereocenters. The largest absolute Gasteiger partial charge is 0.393 e. The SMILES string of the molecule is C[C@@H](O)c1cc([N+](=O)[O-])c(N2CCC(O)CC2)s1. The van der Waals surface area contributed by atoms with Crippen molar-refractivity contribution in [3.05, 3.63) is 21.1 Å². The first-order chi connectivity index (χ1) is 8.49. The van der Waals surface area contributed by atoms with Gasteiger partial charge in [-0.15, -0.1) is 11.3 Å². The van der Waals surface area contributed by atoms with Gasteiger partial charge in [-0.2, -0.15) is 0 Å². The Morgan fingerprint density at radius 1 is 1.56 bits per heavy atom. The van der Waals surface area contributed by atoms with E-state index in [1.165, 1.54) is 17.4 Å². The molecule has 2 heterocycles. The Bertz CT molecular complexity index is 438. The second kappa shape index (κ2) is 5.21. The predicted molar refractivity (Wildman–Crippen MR) is 69.1 cm³/mol. The van der Waals surface area contributed by atoms with E-state index in [-0.39, 0.29) is 11.8 Å². The number of aliphatic hydroxyl groups is 2. The number of thiophene rings is 1. The fourth-order valence-corrected chi connectivity index (χ4v) is 3.14. The first kappa shape index (κ1) is 13.3. The van der Waals surface area contributed by atoms with Crippen molar-refractivity contribution in [2.45, 2.75) is 32.0 Å². The molecule has 0 radical (unpaired) electrons. The van der Waals surface area contributed by atoms with Crippen molar-refractivity contribution in [2.75, 3.05) is 18.0 Å². The molecule has 6 nitrogen and oxygen atoms in total. The first-order valence-electron chi connectivity index (χ1n) is 5.88. The van der Waals surface area contributed by atoms with Gasteiger partial charge in [0.05, 0.1) is 17.1 Å². The number of hydrogen-bond acceptors (Lipinski definition) is 6. The highest BCUT2D eigenvalue weighted by atomic mass is 32.1. The average Bonchev–Trinajstić information content (AvgIpc) is 2.75. The van der Waals surface area contributed by atoms with Crippen LogP contribution in [0.15, 0.2) is 6.07 Å². The lowest BCUT2D eigenvalue weighted by atomic mass is 10.1. The van der Waals surface area contributed by atoms with Gasteiger partial charge < -0.3 is 15.1 Å². The van der Waals surface area contributed by atoms with Crippen LogP contribution in [-0.4, -0.2) is 34.3 Å². The number of anilines is 1. The van der Waals surface area contributed by atoms with Gasteiger partial charge >= 0.3 is 5.69 Å². The predicted octanol–water partition coefficient (Wildman–Crippen LogP) is 1.67. The van der Waals surface area contributed by atoms with E-state index in [0.717, 1.165) is 0 Å². The van der Waals surface area contributed by atoms with Gasteiger partial charge in [-0.05, 0) is 19.8 Å². The molecular weight excluding hydrogens is 256 g/mol. The molecule has 0 amide bonds. The van der Waals surface area contributed by atoms with E-state index >= 15 is 0 Å². The molecule has 7 heteroatoms. The van der Waals surface area contributed by atoms with Crippen LogP contribution in [0.25, 0.3) is 0 Å². The molecule has 1 saturated heterocycles. The third-order valence-electron chi connectivity index (χ3n) is 3.07. The molecule has 0 aromatic carbocycles. The second-order valence-corrected chi connectivity index (χ2v) is 5.55. The number of nitro groups is 1. The first-order valence-corrected chi connectivity index (χ1v) is 6.70. The highest BCUT2D eigenvalue weighted by Crippen LogP contribution is 2.40. The van der Waals surface area contributed by atoms with Crippen molar-refractivity contribution in [3.63, 3.8) is 0 Å². The van der Waals surface area contributed by atoms with Gasteiger partial charge in [-0.3, -0.25) is 10.1 Å². The van der Waals surface area contributed by atoms with E-state index in [0.29, 0.717) is 35.8 Å². The van der Waals surface area contributed by atoms with Crippen molar-refractivity contribution < 1.29 is 15.1 Å². The van der Waals surface area contributed by atoms with E-state index in [2.05, 4.69) is 0 Å². The number of nitrogens with zero attached hydrogens (tertiary/aromatic N) is 2. The number of hydrogen-bond donors (Lipinski definition) is 2. The minimum atomic E-state index is -0.696. The summed E-state index contributed by atoms with van der Waals surface area (Å²) in [5, 5.41) is 30.6. The zero-order valence-corrected chi connectivity index (χ0v) is 10.9. The van der Waals surface area contributed by atoms with Crippen LogP contribution >= 0.6 is 11.3 Å². The Morgan fingerprint density at radius 2 is 2.17 bits per heavy atom. The fraction of sp³-hybridized carbons (Fsp3) is 0.636. The average molecular weight is 272 g/mol. The van der Waals surface area contributed by atoms with Crippen molar-refractivity contribution in [1.29, 1.82) is 0 Å². The zero-order valence-electron chi connectivity index (χ0n) is 10.1. The minimum Gasteiger partial charge on any atom is -0.393 e. The molecule has 1 aliphatic rings. The van der Waals surface area contributed by atoms with E-state index in [1.54, 1.807) is 6.92 Å². The minimum absolute atomic E-state index is 0.0484. The summed E-state index contributed by atoms with van der Waals surface area (Å²) >= 11 is 1.26. The number of piperidine rings is 1. The molecule has 1 aromatic heterocycles. The molecule has 1 atom stereocenters. The van der Waals surface area contributed by atoms with Gasteiger partial charge in [-0.25, -0.2) is 0 Å². The zero-order chi connectivity index (χ0) is 13.3. The van der Waals surface area contributed by atoms with E-state index in [9.17, 15) is 20.3 Å². The molecule has 1 fully saturated rings. The van der Waals surface area contributed by atoms with E-state index in [1.807, 2.05) is 4.90 Å². The topological polar surface area (TPSA) is 86.8 Å². The Kier molecular flexibility index (Phi) is 3.84. The van der Waals surface area contributed by atoms with Crippen LogP contribution in [0.5, 0.6) is 0 Å². The van der Waals surface area contributed by atoms with Gasteiger partial charge in [0, 0.05) is 24.0 Å². The van der Waals surface area contributed by atoms with E-state index in [4.69, 9.17) is 0 Å². The molecule has 1 aromatic rings. The molecule has 0 saturated carbocycles. The monoisotopic (exact) mass is 272 g/mol. The smallest absolute Gasteiger partial charge is 0.304 e. The third-order valence-corrected chi connectivity index (χ3v) is 4.43. The van der Waals surface area contributed by atoms with Crippen molar-refractivity contribution >= 4 is 22.0 Å². The summed E-state index contributed by atoms with van der Waals surface area (Å²) in [6, 6.07) is 1.44. The fourth-order valence-electron chi connectivity index (χ4n) is 2.02. The van der Waals surface area contributed by atoms with Gasteiger partial charge in [0.1, 0.15) is 0 Å². The van der Waals surface area contributed by atoms with Crippen LogP contribution in [0.2, 0.25) is 0 Å². The van der Waals surface area contributed by atoms with Gasteiger partial charge in [-0.1, -0.05) is 0 Å². The maximum Gasteiger partial charge on any atom is 0.304 e. The van der Waals surface area contributed by atoms with Crippen LogP contribution in [0.1, 0.15) is 30.7 Å². The second-order valence-electron chi connectivity index (χ2n) is 4.49. The molecule has 100 valence electrons. The number of rotatable bonds is 3. The Hall–Kier alpha value is -1.18. The van der Waals surface area contributed by atoms with Crippen LogP contribution in [0.3, 0.4) is 0 Å². The lowest BCUT2D eigenvalue weighted by Crippen LogP contribution is -2.35.